The minimum atomic E-state index is -0.461. The summed E-state index contributed by atoms with van der Waals surface area (Å²) in [6, 6.07) is 13.0. The standard InChI is InChI=1S/C15H11N5O/c16-14(21)8-5-6-9-12(7-8)19-20-13(9)15-17-10-3-1-2-4-11(10)18-15/h1-7H,(H2,16,21)(H,17,18)(H,19,20). The number of aromatic amines is 2. The van der Waals surface area contributed by atoms with E-state index in [9.17, 15) is 4.79 Å². The van der Waals surface area contributed by atoms with Gasteiger partial charge in [0, 0.05) is 10.9 Å². The lowest BCUT2D eigenvalue weighted by molar-refractivity contribution is 0.100. The van der Waals surface area contributed by atoms with Crippen LogP contribution in [0.2, 0.25) is 0 Å². The summed E-state index contributed by atoms with van der Waals surface area (Å²) in [5.74, 6) is 0.228. The molecule has 4 aromatic rings. The summed E-state index contributed by atoms with van der Waals surface area (Å²) >= 11 is 0. The van der Waals surface area contributed by atoms with Crippen molar-refractivity contribution < 1.29 is 4.79 Å². The summed E-state index contributed by atoms with van der Waals surface area (Å²) in [6.45, 7) is 0. The van der Waals surface area contributed by atoms with Crippen molar-refractivity contribution in [2.24, 2.45) is 5.73 Å². The number of carbonyl (C=O) groups is 1. The number of nitrogens with two attached hydrogens (primary N) is 1. The van der Waals surface area contributed by atoms with Crippen LogP contribution < -0.4 is 5.73 Å². The fourth-order valence-corrected chi connectivity index (χ4v) is 2.42. The van der Waals surface area contributed by atoms with E-state index in [0.717, 1.165) is 27.6 Å². The summed E-state index contributed by atoms with van der Waals surface area (Å²) in [4.78, 5) is 19.0. The van der Waals surface area contributed by atoms with Crippen LogP contribution in [0.25, 0.3) is 33.5 Å². The second kappa shape index (κ2) is 4.17. The zero-order chi connectivity index (χ0) is 14.4. The molecule has 2 aromatic heterocycles. The molecule has 6 heteroatoms. The Bertz CT molecular complexity index is 949. The minimum Gasteiger partial charge on any atom is -0.366 e. The van der Waals surface area contributed by atoms with Crippen molar-refractivity contribution in [3.8, 4) is 11.5 Å². The second-order valence-electron chi connectivity index (χ2n) is 4.80. The topological polar surface area (TPSA) is 100 Å². The molecule has 0 bridgehead atoms. The normalized spacial score (nSPS) is 11.2. The van der Waals surface area contributed by atoms with Gasteiger partial charge in [0.05, 0.1) is 16.6 Å². The molecule has 2 aromatic carbocycles. The van der Waals surface area contributed by atoms with Crippen LogP contribution in [0.15, 0.2) is 42.5 Å². The number of fused-ring (bicyclic) bond motifs is 2. The van der Waals surface area contributed by atoms with Crippen LogP contribution in [0.3, 0.4) is 0 Å². The van der Waals surface area contributed by atoms with E-state index in [1.165, 1.54) is 0 Å². The smallest absolute Gasteiger partial charge is 0.248 e. The predicted octanol–water partition coefficient (Wildman–Crippen LogP) is 2.21. The second-order valence-corrected chi connectivity index (χ2v) is 4.80. The Kier molecular flexibility index (Phi) is 2.32. The number of nitrogens with one attached hydrogen (secondary N) is 2. The summed E-state index contributed by atoms with van der Waals surface area (Å²) < 4.78 is 0. The number of imidazole rings is 1. The van der Waals surface area contributed by atoms with Crippen LogP contribution in [-0.2, 0) is 0 Å². The maximum Gasteiger partial charge on any atom is 0.248 e. The highest BCUT2D eigenvalue weighted by molar-refractivity contribution is 6.00. The van der Waals surface area contributed by atoms with Gasteiger partial charge in [-0.1, -0.05) is 12.1 Å². The van der Waals surface area contributed by atoms with Gasteiger partial charge in [0.1, 0.15) is 5.69 Å². The highest BCUT2D eigenvalue weighted by atomic mass is 16.1. The quantitative estimate of drug-likeness (QED) is 0.523. The number of para-hydroxylation sites is 2. The van der Waals surface area contributed by atoms with Crippen molar-refractivity contribution in [2.75, 3.05) is 0 Å². The van der Waals surface area contributed by atoms with Crippen LogP contribution in [0.5, 0.6) is 0 Å². The molecule has 1 amide bonds. The molecule has 0 saturated carbocycles. The van der Waals surface area contributed by atoms with Gasteiger partial charge >= 0.3 is 0 Å². The highest BCUT2D eigenvalue weighted by Crippen LogP contribution is 2.26. The molecule has 0 unspecified atom stereocenters. The molecular formula is C15H11N5O. The fraction of sp³-hybridized carbons (Fsp3) is 0. The van der Waals surface area contributed by atoms with Crippen LogP contribution in [-0.4, -0.2) is 26.1 Å². The number of aromatic nitrogens is 4. The first-order valence-electron chi connectivity index (χ1n) is 6.45. The number of rotatable bonds is 2. The van der Waals surface area contributed by atoms with Crippen molar-refractivity contribution in [3.05, 3.63) is 48.0 Å². The van der Waals surface area contributed by atoms with Crippen molar-refractivity contribution >= 4 is 27.8 Å². The van der Waals surface area contributed by atoms with E-state index in [0.29, 0.717) is 11.4 Å². The van der Waals surface area contributed by atoms with Gasteiger partial charge in [0.25, 0.3) is 0 Å². The van der Waals surface area contributed by atoms with Crippen molar-refractivity contribution in [3.63, 3.8) is 0 Å². The zero-order valence-electron chi connectivity index (χ0n) is 10.9. The van der Waals surface area contributed by atoms with Crippen molar-refractivity contribution in [2.45, 2.75) is 0 Å². The number of amides is 1. The average Bonchev–Trinajstić information content (AvgIpc) is 3.09. The molecule has 6 nitrogen and oxygen atoms in total. The summed E-state index contributed by atoms with van der Waals surface area (Å²) in [5, 5.41) is 8.09. The number of carbonyl (C=O) groups excluding carboxylic acids is 1. The number of benzene rings is 2. The zero-order valence-corrected chi connectivity index (χ0v) is 10.9. The number of primary amides is 1. The highest BCUT2D eigenvalue weighted by Gasteiger charge is 2.13. The molecule has 21 heavy (non-hydrogen) atoms. The molecule has 4 rings (SSSR count). The van der Waals surface area contributed by atoms with E-state index in [2.05, 4.69) is 20.2 Å². The average molecular weight is 277 g/mol. The summed E-state index contributed by atoms with van der Waals surface area (Å²) in [5.41, 5.74) is 9.04. The van der Waals surface area contributed by atoms with Crippen molar-refractivity contribution in [1.82, 2.24) is 20.2 Å². The molecule has 0 fully saturated rings. The Hall–Kier alpha value is -3.15. The molecule has 0 radical (unpaired) electrons. The third-order valence-electron chi connectivity index (χ3n) is 3.46. The Labute approximate surface area is 119 Å². The summed E-state index contributed by atoms with van der Waals surface area (Å²) in [6.07, 6.45) is 0. The number of nitrogens with zero attached hydrogens (tertiary/aromatic N) is 2. The number of hydrogen-bond acceptors (Lipinski definition) is 3. The van der Waals surface area contributed by atoms with Gasteiger partial charge < -0.3 is 10.7 Å². The van der Waals surface area contributed by atoms with Crippen LogP contribution in [0.1, 0.15) is 10.4 Å². The van der Waals surface area contributed by atoms with Gasteiger partial charge in [-0.25, -0.2) is 4.98 Å². The van der Waals surface area contributed by atoms with Crippen molar-refractivity contribution in [1.29, 1.82) is 0 Å². The molecule has 0 aliphatic rings. The molecule has 0 spiro atoms. The first kappa shape index (κ1) is 11.7. The molecular weight excluding hydrogens is 266 g/mol. The molecule has 2 heterocycles. The predicted molar refractivity (Wildman–Crippen MR) is 79.7 cm³/mol. The van der Waals surface area contributed by atoms with E-state index < -0.39 is 5.91 Å². The molecule has 0 atom stereocenters. The van der Waals surface area contributed by atoms with Crippen LogP contribution in [0, 0.1) is 0 Å². The number of H-pyrrole nitrogens is 2. The Morgan fingerprint density at radius 1 is 1.10 bits per heavy atom. The first-order valence-corrected chi connectivity index (χ1v) is 6.45. The maximum absolute atomic E-state index is 11.2. The monoisotopic (exact) mass is 277 g/mol. The SMILES string of the molecule is NC(=O)c1ccc2c(-c3nc4ccccc4[nH]3)n[nH]c2c1. The lowest BCUT2D eigenvalue weighted by atomic mass is 10.1. The van der Waals surface area contributed by atoms with E-state index >= 15 is 0 Å². The van der Waals surface area contributed by atoms with E-state index in [-0.39, 0.29) is 0 Å². The largest absolute Gasteiger partial charge is 0.366 e. The Morgan fingerprint density at radius 2 is 1.95 bits per heavy atom. The lowest BCUT2D eigenvalue weighted by Gasteiger charge is -1.96. The molecule has 0 aliphatic carbocycles. The van der Waals surface area contributed by atoms with Gasteiger partial charge in [0.2, 0.25) is 5.91 Å². The summed E-state index contributed by atoms with van der Waals surface area (Å²) in [7, 11) is 0. The lowest BCUT2D eigenvalue weighted by Crippen LogP contribution is -2.10. The van der Waals surface area contributed by atoms with E-state index in [4.69, 9.17) is 5.73 Å². The third-order valence-corrected chi connectivity index (χ3v) is 3.46. The first-order chi connectivity index (χ1) is 10.2. The van der Waals surface area contributed by atoms with Gasteiger partial charge in [0.15, 0.2) is 5.82 Å². The Morgan fingerprint density at radius 3 is 2.76 bits per heavy atom. The molecule has 4 N–H and O–H groups in total. The Balaban J connectivity index is 1.92. The maximum atomic E-state index is 11.2. The molecule has 0 aliphatic heterocycles. The van der Waals surface area contributed by atoms with E-state index in [1.807, 2.05) is 30.3 Å². The number of hydrogen-bond donors (Lipinski definition) is 3. The van der Waals surface area contributed by atoms with Gasteiger partial charge in [-0.2, -0.15) is 5.10 Å². The third kappa shape index (κ3) is 1.77. The minimum absolute atomic E-state index is 0.447. The van der Waals surface area contributed by atoms with Crippen LogP contribution in [0.4, 0.5) is 0 Å². The van der Waals surface area contributed by atoms with Gasteiger partial charge in [-0.3, -0.25) is 9.89 Å². The fourth-order valence-electron chi connectivity index (χ4n) is 2.42. The van der Waals surface area contributed by atoms with Gasteiger partial charge in [-0.15, -0.1) is 0 Å². The molecule has 102 valence electrons. The van der Waals surface area contributed by atoms with Crippen LogP contribution >= 0.6 is 0 Å². The molecule has 0 saturated heterocycles. The van der Waals surface area contributed by atoms with E-state index in [1.54, 1.807) is 12.1 Å². The van der Waals surface area contributed by atoms with Gasteiger partial charge in [-0.05, 0) is 30.3 Å².